The molecule has 0 aromatic heterocycles. The first-order chi connectivity index (χ1) is 9.87. The molecule has 0 heterocycles. The third kappa shape index (κ3) is 25.8. The number of hydrogen-bond donors (Lipinski definition) is 3. The van der Waals surface area contributed by atoms with E-state index in [0.717, 1.165) is 0 Å². The van der Waals surface area contributed by atoms with Gasteiger partial charge in [0.1, 0.15) is 18.2 Å². The molecule has 0 rings (SSSR count). The monoisotopic (exact) mass is 374 g/mol. The zero-order valence-electron chi connectivity index (χ0n) is 12.7. The molecule has 0 aliphatic carbocycles. The van der Waals surface area contributed by atoms with Gasteiger partial charge in [-0.2, -0.15) is 0 Å². The zero-order chi connectivity index (χ0) is 16.7. The van der Waals surface area contributed by atoms with Crippen LogP contribution in [0.1, 0.15) is 25.7 Å². The number of aliphatic carboxylic acids is 1. The Morgan fingerprint density at radius 1 is 0.913 bits per heavy atom. The fourth-order valence-corrected chi connectivity index (χ4v) is 0.916. The Kier molecular flexibility index (Phi) is 26.3. The van der Waals surface area contributed by atoms with E-state index in [1.807, 2.05) is 0 Å². The highest BCUT2D eigenvalue weighted by molar-refractivity contribution is 5.86. The van der Waals surface area contributed by atoms with Gasteiger partial charge in [0.05, 0.1) is 25.9 Å². The Bertz CT molecular complexity index is 377. The molecule has 0 bridgehead atoms. The fraction of sp³-hybridized carbons (Fsp3) is 0.538. The van der Waals surface area contributed by atoms with Crippen molar-refractivity contribution in [3.8, 4) is 0 Å². The largest absolute Gasteiger partial charge is 0.481 e. The Balaban J connectivity index is -0.000000149. The van der Waals surface area contributed by atoms with Gasteiger partial charge in [-0.3, -0.25) is 19.2 Å². The van der Waals surface area contributed by atoms with Crippen LogP contribution in [0.25, 0.3) is 0 Å². The summed E-state index contributed by atoms with van der Waals surface area (Å²) in [5.74, 6) is -1.70. The number of esters is 1. The number of ketones is 2. The quantitative estimate of drug-likeness (QED) is 0.363. The summed E-state index contributed by atoms with van der Waals surface area (Å²) >= 11 is 0. The molecular formula is C13H24Cl2N2O6. The number of carbonyl (C=O) groups excluding carboxylic acids is 3. The summed E-state index contributed by atoms with van der Waals surface area (Å²) in [6.07, 6.45) is 1.67. The first-order valence-electron chi connectivity index (χ1n) is 6.29. The van der Waals surface area contributed by atoms with Gasteiger partial charge in [-0.15, -0.1) is 24.8 Å². The SMILES string of the molecule is C=CCOC(=O)CCC(=O)CN.Cl.Cl.NCC(=O)CCC(=O)O. The summed E-state index contributed by atoms with van der Waals surface area (Å²) in [6, 6.07) is 0. The van der Waals surface area contributed by atoms with Crippen molar-refractivity contribution in [2.24, 2.45) is 11.5 Å². The average Bonchev–Trinajstić information content (AvgIpc) is 2.48. The lowest BCUT2D eigenvalue weighted by Gasteiger charge is -1.99. The maximum Gasteiger partial charge on any atom is 0.306 e. The normalized spacial score (nSPS) is 8.26. The minimum absolute atomic E-state index is 0. The molecule has 136 valence electrons. The van der Waals surface area contributed by atoms with E-state index in [2.05, 4.69) is 11.3 Å². The van der Waals surface area contributed by atoms with Crippen molar-refractivity contribution in [1.82, 2.24) is 0 Å². The van der Waals surface area contributed by atoms with Crippen molar-refractivity contribution in [3.05, 3.63) is 12.7 Å². The number of rotatable bonds is 10. The molecule has 0 atom stereocenters. The van der Waals surface area contributed by atoms with E-state index in [1.165, 1.54) is 6.08 Å². The van der Waals surface area contributed by atoms with Gasteiger partial charge in [-0.1, -0.05) is 12.7 Å². The highest BCUT2D eigenvalue weighted by Crippen LogP contribution is 1.93. The summed E-state index contributed by atoms with van der Waals surface area (Å²) < 4.78 is 4.64. The van der Waals surface area contributed by atoms with Crippen molar-refractivity contribution in [1.29, 1.82) is 0 Å². The topological polar surface area (TPSA) is 150 Å². The zero-order valence-corrected chi connectivity index (χ0v) is 14.3. The summed E-state index contributed by atoms with van der Waals surface area (Å²) in [5.41, 5.74) is 9.96. The van der Waals surface area contributed by atoms with Gasteiger partial charge in [0, 0.05) is 12.8 Å². The number of Topliss-reactive ketones (excluding diaryl/α,β-unsaturated/α-hetero) is 2. The second-order valence-electron chi connectivity index (χ2n) is 3.85. The molecule has 0 saturated heterocycles. The molecule has 0 radical (unpaired) electrons. The Morgan fingerprint density at radius 3 is 1.70 bits per heavy atom. The van der Waals surface area contributed by atoms with E-state index in [1.54, 1.807) is 0 Å². The summed E-state index contributed by atoms with van der Waals surface area (Å²) in [5, 5.41) is 8.06. The average molecular weight is 375 g/mol. The van der Waals surface area contributed by atoms with Gasteiger partial charge in [-0.05, 0) is 0 Å². The van der Waals surface area contributed by atoms with Gasteiger partial charge in [0.15, 0.2) is 0 Å². The van der Waals surface area contributed by atoms with Crippen molar-refractivity contribution in [3.63, 3.8) is 0 Å². The summed E-state index contributed by atoms with van der Waals surface area (Å²) in [6.45, 7) is 3.49. The Morgan fingerprint density at radius 2 is 1.35 bits per heavy atom. The molecule has 0 aliphatic heterocycles. The van der Waals surface area contributed by atoms with Gasteiger partial charge in [0.25, 0.3) is 0 Å². The van der Waals surface area contributed by atoms with Crippen LogP contribution in [0.2, 0.25) is 0 Å². The fourth-order valence-electron chi connectivity index (χ4n) is 0.916. The van der Waals surface area contributed by atoms with Crippen LogP contribution in [-0.4, -0.2) is 48.3 Å². The van der Waals surface area contributed by atoms with Crippen LogP contribution in [0.5, 0.6) is 0 Å². The predicted octanol–water partition coefficient (Wildman–Crippen LogP) is 0.246. The third-order valence-corrected chi connectivity index (χ3v) is 2.04. The van der Waals surface area contributed by atoms with Crippen LogP contribution >= 0.6 is 24.8 Å². The third-order valence-electron chi connectivity index (χ3n) is 2.04. The van der Waals surface area contributed by atoms with Gasteiger partial charge >= 0.3 is 11.9 Å². The number of hydrogen-bond acceptors (Lipinski definition) is 7. The Hall–Kier alpha value is -1.48. The van der Waals surface area contributed by atoms with Crippen molar-refractivity contribution in [2.45, 2.75) is 25.7 Å². The van der Waals surface area contributed by atoms with Gasteiger partial charge < -0.3 is 21.3 Å². The van der Waals surface area contributed by atoms with E-state index in [4.69, 9.17) is 16.6 Å². The standard InChI is InChI=1S/C8H13NO3.C5H9NO3.2ClH/c1-2-5-12-8(11)4-3-7(10)6-9;6-3-4(7)1-2-5(8)9;;/h2H,1,3-6,9H2;1-3,6H2,(H,8,9);2*1H. The van der Waals surface area contributed by atoms with Crippen LogP contribution in [-0.2, 0) is 23.9 Å². The van der Waals surface area contributed by atoms with Gasteiger partial charge in [0.2, 0.25) is 0 Å². The number of ether oxygens (including phenoxy) is 1. The highest BCUT2D eigenvalue weighted by atomic mass is 35.5. The lowest BCUT2D eigenvalue weighted by molar-refractivity contribution is -0.143. The van der Waals surface area contributed by atoms with E-state index in [9.17, 15) is 19.2 Å². The molecule has 0 spiro atoms. The molecule has 23 heavy (non-hydrogen) atoms. The van der Waals surface area contributed by atoms with Crippen molar-refractivity contribution in [2.75, 3.05) is 19.7 Å². The van der Waals surface area contributed by atoms with E-state index >= 15 is 0 Å². The number of carboxylic acids is 1. The number of carbonyl (C=O) groups is 4. The molecule has 0 saturated carbocycles. The van der Waals surface area contributed by atoms with Crippen LogP contribution in [0.15, 0.2) is 12.7 Å². The lowest BCUT2D eigenvalue weighted by atomic mass is 10.2. The number of halogens is 2. The first kappa shape index (κ1) is 29.5. The second-order valence-corrected chi connectivity index (χ2v) is 3.85. The Labute approximate surface area is 147 Å². The maximum absolute atomic E-state index is 10.8. The molecule has 10 heteroatoms. The smallest absolute Gasteiger partial charge is 0.306 e. The molecule has 0 amide bonds. The molecule has 5 N–H and O–H groups in total. The van der Waals surface area contributed by atoms with Crippen LogP contribution in [0.4, 0.5) is 0 Å². The van der Waals surface area contributed by atoms with E-state index in [-0.39, 0.29) is 81.8 Å². The minimum Gasteiger partial charge on any atom is -0.481 e. The first-order valence-corrected chi connectivity index (χ1v) is 6.29. The summed E-state index contributed by atoms with van der Waals surface area (Å²) in [4.78, 5) is 41.6. The molecule has 0 aromatic rings. The molecule has 0 aliphatic rings. The van der Waals surface area contributed by atoms with Crippen molar-refractivity contribution >= 4 is 48.3 Å². The maximum atomic E-state index is 10.8. The number of carboxylic acid groups (broad SMARTS) is 1. The molecule has 8 nitrogen and oxygen atoms in total. The molecule has 0 unspecified atom stereocenters. The van der Waals surface area contributed by atoms with Crippen LogP contribution in [0, 0.1) is 0 Å². The predicted molar refractivity (Wildman–Crippen MR) is 89.9 cm³/mol. The molecular weight excluding hydrogens is 351 g/mol. The van der Waals surface area contributed by atoms with Gasteiger partial charge in [-0.25, -0.2) is 0 Å². The number of nitrogens with two attached hydrogens (primary N) is 2. The lowest BCUT2D eigenvalue weighted by Crippen LogP contribution is -2.15. The summed E-state index contributed by atoms with van der Waals surface area (Å²) in [7, 11) is 0. The van der Waals surface area contributed by atoms with E-state index in [0.29, 0.717) is 0 Å². The molecule has 0 fully saturated rings. The highest BCUT2D eigenvalue weighted by Gasteiger charge is 2.05. The van der Waals surface area contributed by atoms with E-state index < -0.39 is 11.9 Å². The second kappa shape index (κ2) is 20.5. The van der Waals surface area contributed by atoms with Crippen molar-refractivity contribution < 1.29 is 29.0 Å². The minimum atomic E-state index is -0.961. The van der Waals surface area contributed by atoms with Crippen LogP contribution in [0.3, 0.4) is 0 Å². The molecule has 0 aromatic carbocycles. The van der Waals surface area contributed by atoms with Crippen LogP contribution < -0.4 is 11.5 Å².